The Hall–Kier alpha value is -3.29. The molecule has 0 aliphatic carbocycles. The topological polar surface area (TPSA) is 75.9 Å². The summed E-state index contributed by atoms with van der Waals surface area (Å²) in [7, 11) is 1.88. The number of nitrogens with one attached hydrogen (secondary N) is 1. The third kappa shape index (κ3) is 4.73. The first-order chi connectivity index (χ1) is 14.9. The van der Waals surface area contributed by atoms with Gasteiger partial charge in [-0.2, -0.15) is 5.10 Å². The van der Waals surface area contributed by atoms with Gasteiger partial charge in [-0.05, 0) is 56.4 Å². The van der Waals surface area contributed by atoms with Gasteiger partial charge in [0.05, 0.1) is 11.9 Å². The molecule has 1 atom stereocenters. The fourth-order valence-electron chi connectivity index (χ4n) is 3.72. The highest BCUT2D eigenvalue weighted by Crippen LogP contribution is 2.31. The predicted molar refractivity (Wildman–Crippen MR) is 118 cm³/mol. The first-order valence-electron chi connectivity index (χ1n) is 10.6. The zero-order valence-electron chi connectivity index (χ0n) is 18.1. The number of hydrogen-bond donors (Lipinski definition) is 1. The molecule has 31 heavy (non-hydrogen) atoms. The quantitative estimate of drug-likeness (QED) is 0.632. The van der Waals surface area contributed by atoms with Crippen LogP contribution in [0.5, 0.6) is 0 Å². The van der Waals surface area contributed by atoms with Crippen LogP contribution in [-0.2, 0) is 30.6 Å². The molecule has 0 saturated heterocycles. The number of rotatable bonds is 7. The maximum absolute atomic E-state index is 13.0. The van der Waals surface area contributed by atoms with Crippen molar-refractivity contribution < 1.29 is 9.18 Å². The number of carbonyl (C=O) groups is 1. The second-order valence-electron chi connectivity index (χ2n) is 8.04. The van der Waals surface area contributed by atoms with Gasteiger partial charge in [-0.25, -0.2) is 14.4 Å². The lowest BCUT2D eigenvalue weighted by Gasteiger charge is -2.32. The van der Waals surface area contributed by atoms with E-state index in [9.17, 15) is 9.18 Å². The minimum absolute atomic E-state index is 0.0405. The molecule has 4 rings (SSSR count). The molecule has 2 aromatic heterocycles. The summed E-state index contributed by atoms with van der Waals surface area (Å²) in [6, 6.07) is 6.39. The van der Waals surface area contributed by atoms with Gasteiger partial charge in [0.2, 0.25) is 5.91 Å². The number of fused-ring (bicyclic) bond motifs is 1. The van der Waals surface area contributed by atoms with Gasteiger partial charge in [-0.15, -0.1) is 0 Å². The Morgan fingerprint density at radius 3 is 2.65 bits per heavy atom. The number of benzene rings is 1. The van der Waals surface area contributed by atoms with Gasteiger partial charge in [-0.3, -0.25) is 9.48 Å². The molecule has 0 unspecified atom stereocenters. The summed E-state index contributed by atoms with van der Waals surface area (Å²) in [5, 5.41) is 7.36. The highest BCUT2D eigenvalue weighted by Gasteiger charge is 2.30. The van der Waals surface area contributed by atoms with Crippen LogP contribution < -0.4 is 10.2 Å². The number of hydrogen-bond acceptors (Lipinski definition) is 5. The van der Waals surface area contributed by atoms with E-state index in [-0.39, 0.29) is 17.8 Å². The number of carbonyl (C=O) groups excluding carboxylic acids is 1. The summed E-state index contributed by atoms with van der Waals surface area (Å²) >= 11 is 0. The summed E-state index contributed by atoms with van der Waals surface area (Å²) in [6.07, 6.45) is 7.27. The number of anilines is 2. The summed E-state index contributed by atoms with van der Waals surface area (Å²) in [5.41, 5.74) is 3.74. The molecule has 1 N–H and O–H groups in total. The summed E-state index contributed by atoms with van der Waals surface area (Å²) in [5.74, 6) is 1.28. The minimum Gasteiger partial charge on any atom is -0.346 e. The lowest BCUT2D eigenvalue weighted by atomic mass is 10.1. The predicted octanol–water partition coefficient (Wildman–Crippen LogP) is 3.32. The van der Waals surface area contributed by atoms with Crippen molar-refractivity contribution in [2.75, 3.05) is 17.3 Å². The van der Waals surface area contributed by atoms with Gasteiger partial charge in [0.1, 0.15) is 23.4 Å². The van der Waals surface area contributed by atoms with Gasteiger partial charge in [0.25, 0.3) is 0 Å². The number of amides is 1. The molecule has 1 amide bonds. The highest BCUT2D eigenvalue weighted by molar-refractivity contribution is 6.02. The van der Waals surface area contributed by atoms with E-state index in [1.807, 2.05) is 48.8 Å². The molecule has 0 radical (unpaired) electrons. The van der Waals surface area contributed by atoms with Gasteiger partial charge in [0, 0.05) is 26.2 Å². The standard InChI is InChI=1S/C23H27FN6O/c1-15-21-22(29(3)16(2)23(31)28-21)27-20(26-15)11-8-18-13-25-30(14-18)12-4-5-17-6-9-19(24)10-7-17/h6-7,9-10,13-14,16H,4-5,8,11-12H2,1-3H3,(H,28,31)/t16-/m0/s1. The van der Waals surface area contributed by atoms with E-state index in [4.69, 9.17) is 4.98 Å². The minimum atomic E-state index is -0.261. The van der Waals surface area contributed by atoms with Crippen molar-refractivity contribution in [2.45, 2.75) is 52.1 Å². The van der Waals surface area contributed by atoms with Crippen molar-refractivity contribution in [1.82, 2.24) is 19.7 Å². The van der Waals surface area contributed by atoms with E-state index in [0.29, 0.717) is 12.1 Å². The van der Waals surface area contributed by atoms with Gasteiger partial charge >= 0.3 is 0 Å². The summed E-state index contributed by atoms with van der Waals surface area (Å²) in [6.45, 7) is 4.57. The van der Waals surface area contributed by atoms with Crippen LogP contribution in [0.3, 0.4) is 0 Å². The molecular weight excluding hydrogens is 395 g/mol. The highest BCUT2D eigenvalue weighted by atomic mass is 19.1. The van der Waals surface area contributed by atoms with E-state index in [2.05, 4.69) is 21.6 Å². The van der Waals surface area contributed by atoms with Crippen molar-refractivity contribution in [3.8, 4) is 0 Å². The fraction of sp³-hybridized carbons (Fsp3) is 0.391. The maximum Gasteiger partial charge on any atom is 0.246 e. The summed E-state index contributed by atoms with van der Waals surface area (Å²) in [4.78, 5) is 23.2. The van der Waals surface area contributed by atoms with Crippen molar-refractivity contribution in [3.63, 3.8) is 0 Å². The molecule has 1 aromatic carbocycles. The average molecular weight is 423 g/mol. The SMILES string of the molecule is Cc1nc(CCc2cnn(CCCc3ccc(F)cc3)c2)nc2c1NC(=O)[C@H](C)N2C. The Balaban J connectivity index is 1.34. The molecule has 7 nitrogen and oxygen atoms in total. The van der Waals surface area contributed by atoms with E-state index in [1.54, 1.807) is 0 Å². The van der Waals surface area contributed by atoms with Gasteiger partial charge in [-0.1, -0.05) is 12.1 Å². The molecule has 0 spiro atoms. The first-order valence-corrected chi connectivity index (χ1v) is 10.6. The summed E-state index contributed by atoms with van der Waals surface area (Å²) < 4.78 is 14.9. The van der Waals surface area contributed by atoms with Crippen LogP contribution >= 0.6 is 0 Å². The second kappa shape index (κ2) is 8.83. The monoisotopic (exact) mass is 422 g/mol. The lowest BCUT2D eigenvalue weighted by molar-refractivity contribution is -0.117. The molecule has 1 aliphatic heterocycles. The van der Waals surface area contributed by atoms with Crippen LogP contribution in [0.4, 0.5) is 15.9 Å². The Labute approximate surface area is 181 Å². The van der Waals surface area contributed by atoms with Crippen LogP contribution in [0.1, 0.15) is 36.0 Å². The normalized spacial score (nSPS) is 15.7. The van der Waals surface area contributed by atoms with Crippen molar-refractivity contribution in [1.29, 1.82) is 0 Å². The molecule has 162 valence electrons. The second-order valence-corrected chi connectivity index (χ2v) is 8.04. The van der Waals surface area contributed by atoms with E-state index in [0.717, 1.165) is 54.3 Å². The molecule has 0 bridgehead atoms. The zero-order chi connectivity index (χ0) is 22.0. The molecule has 3 aromatic rings. The number of halogens is 1. The van der Waals surface area contributed by atoms with Gasteiger partial charge < -0.3 is 10.2 Å². The fourth-order valence-corrected chi connectivity index (χ4v) is 3.72. The molecule has 1 aliphatic rings. The zero-order valence-corrected chi connectivity index (χ0v) is 18.1. The van der Waals surface area contributed by atoms with E-state index < -0.39 is 0 Å². The van der Waals surface area contributed by atoms with Crippen molar-refractivity contribution in [3.05, 3.63) is 65.1 Å². The van der Waals surface area contributed by atoms with Gasteiger partial charge in [0.15, 0.2) is 5.82 Å². The van der Waals surface area contributed by atoms with Crippen molar-refractivity contribution >= 4 is 17.4 Å². The lowest BCUT2D eigenvalue weighted by Crippen LogP contribution is -2.45. The number of aryl methyl sites for hydroxylation is 5. The molecule has 8 heteroatoms. The Morgan fingerprint density at radius 2 is 1.87 bits per heavy atom. The Bertz CT molecular complexity index is 1080. The van der Waals surface area contributed by atoms with Crippen LogP contribution in [-0.4, -0.2) is 38.7 Å². The smallest absolute Gasteiger partial charge is 0.246 e. The number of nitrogens with zero attached hydrogens (tertiary/aromatic N) is 5. The Morgan fingerprint density at radius 1 is 1.10 bits per heavy atom. The van der Waals surface area contributed by atoms with Crippen LogP contribution in [0.2, 0.25) is 0 Å². The number of likely N-dealkylation sites (N-methyl/N-ethyl adjacent to an activating group) is 1. The largest absolute Gasteiger partial charge is 0.346 e. The van der Waals surface area contributed by atoms with E-state index >= 15 is 0 Å². The molecule has 0 fully saturated rings. The molecule has 3 heterocycles. The third-order valence-corrected chi connectivity index (χ3v) is 5.75. The number of aromatic nitrogens is 4. The third-order valence-electron chi connectivity index (χ3n) is 5.75. The maximum atomic E-state index is 13.0. The first kappa shape index (κ1) is 21.0. The van der Waals surface area contributed by atoms with Crippen LogP contribution in [0.25, 0.3) is 0 Å². The van der Waals surface area contributed by atoms with E-state index in [1.165, 1.54) is 12.1 Å². The molecule has 0 saturated carbocycles. The molecular formula is C23H27FN6O. The van der Waals surface area contributed by atoms with Crippen LogP contribution in [0, 0.1) is 12.7 Å². The Kier molecular flexibility index (Phi) is 5.97. The van der Waals surface area contributed by atoms with Crippen LogP contribution in [0.15, 0.2) is 36.7 Å². The average Bonchev–Trinajstić information content (AvgIpc) is 3.21. The van der Waals surface area contributed by atoms with Crippen molar-refractivity contribution in [2.24, 2.45) is 0 Å².